The predicted molar refractivity (Wildman–Crippen MR) is 115 cm³/mol. The SMILES string of the molecule is C[NH+](C)Cc1ccccc1CNC(=O)[C@H](Cc1ccccc1)NC(=O)c1ccco1. The van der Waals surface area contributed by atoms with Crippen LogP contribution < -0.4 is 15.5 Å². The number of amides is 2. The van der Waals surface area contributed by atoms with Crippen LogP contribution in [0.2, 0.25) is 0 Å². The van der Waals surface area contributed by atoms with E-state index in [1.807, 2.05) is 48.5 Å². The molecule has 1 heterocycles. The number of hydrogen-bond acceptors (Lipinski definition) is 3. The second-order valence-electron chi connectivity index (χ2n) is 7.56. The van der Waals surface area contributed by atoms with Gasteiger partial charge in [0.25, 0.3) is 5.91 Å². The third kappa shape index (κ3) is 6.06. The molecular formula is C24H28N3O3+. The van der Waals surface area contributed by atoms with Gasteiger partial charge in [0, 0.05) is 18.5 Å². The van der Waals surface area contributed by atoms with E-state index in [4.69, 9.17) is 4.42 Å². The fourth-order valence-corrected chi connectivity index (χ4v) is 3.29. The first-order valence-electron chi connectivity index (χ1n) is 10.0. The molecule has 0 saturated carbocycles. The van der Waals surface area contributed by atoms with Crippen LogP contribution in [0.25, 0.3) is 0 Å². The summed E-state index contributed by atoms with van der Waals surface area (Å²) in [6, 6.07) is 20.2. The summed E-state index contributed by atoms with van der Waals surface area (Å²) in [4.78, 5) is 26.8. The monoisotopic (exact) mass is 406 g/mol. The molecule has 6 nitrogen and oxygen atoms in total. The van der Waals surface area contributed by atoms with E-state index < -0.39 is 11.9 Å². The Kier molecular flexibility index (Phi) is 7.40. The minimum Gasteiger partial charge on any atom is -0.459 e. The topological polar surface area (TPSA) is 75.8 Å². The zero-order valence-electron chi connectivity index (χ0n) is 17.4. The average Bonchev–Trinajstić information content (AvgIpc) is 3.28. The third-order valence-corrected chi connectivity index (χ3v) is 4.76. The van der Waals surface area contributed by atoms with Crippen LogP contribution in [0.4, 0.5) is 0 Å². The number of benzene rings is 2. The molecule has 0 aliphatic heterocycles. The van der Waals surface area contributed by atoms with Crippen LogP contribution in [0, 0.1) is 0 Å². The molecule has 1 atom stereocenters. The molecule has 3 rings (SSSR count). The Balaban J connectivity index is 1.71. The van der Waals surface area contributed by atoms with Gasteiger partial charge < -0.3 is 20.0 Å². The van der Waals surface area contributed by atoms with Gasteiger partial charge in [0.15, 0.2) is 5.76 Å². The van der Waals surface area contributed by atoms with Crippen LogP contribution in [-0.4, -0.2) is 32.0 Å². The molecule has 3 aromatic rings. The molecule has 30 heavy (non-hydrogen) atoms. The smallest absolute Gasteiger partial charge is 0.287 e. The first-order valence-corrected chi connectivity index (χ1v) is 10.0. The lowest BCUT2D eigenvalue weighted by Gasteiger charge is -2.19. The van der Waals surface area contributed by atoms with Crippen molar-refractivity contribution in [3.63, 3.8) is 0 Å². The highest BCUT2D eigenvalue weighted by Crippen LogP contribution is 2.09. The Morgan fingerprint density at radius 3 is 2.30 bits per heavy atom. The number of rotatable bonds is 9. The summed E-state index contributed by atoms with van der Waals surface area (Å²) < 4.78 is 5.16. The van der Waals surface area contributed by atoms with E-state index in [0.717, 1.165) is 17.7 Å². The maximum Gasteiger partial charge on any atom is 0.287 e. The summed E-state index contributed by atoms with van der Waals surface area (Å²) in [5, 5.41) is 5.79. The molecule has 0 saturated heterocycles. The third-order valence-electron chi connectivity index (χ3n) is 4.76. The van der Waals surface area contributed by atoms with E-state index in [0.29, 0.717) is 13.0 Å². The van der Waals surface area contributed by atoms with Gasteiger partial charge >= 0.3 is 0 Å². The van der Waals surface area contributed by atoms with E-state index >= 15 is 0 Å². The van der Waals surface area contributed by atoms with Crippen LogP contribution in [0.15, 0.2) is 77.4 Å². The van der Waals surface area contributed by atoms with Gasteiger partial charge in [0.2, 0.25) is 5.91 Å². The molecular weight excluding hydrogens is 378 g/mol. The van der Waals surface area contributed by atoms with E-state index in [9.17, 15) is 9.59 Å². The highest BCUT2D eigenvalue weighted by molar-refractivity contribution is 5.95. The van der Waals surface area contributed by atoms with Crippen LogP contribution in [0.1, 0.15) is 27.2 Å². The van der Waals surface area contributed by atoms with Gasteiger partial charge in [0.05, 0.1) is 20.4 Å². The lowest BCUT2D eigenvalue weighted by atomic mass is 10.0. The van der Waals surface area contributed by atoms with Gasteiger partial charge in [0.1, 0.15) is 12.6 Å². The summed E-state index contributed by atoms with van der Waals surface area (Å²) in [6.07, 6.45) is 1.83. The molecule has 1 aromatic heterocycles. The standard InChI is InChI=1S/C24H27N3O3/c1-27(2)17-20-12-7-6-11-19(20)16-25-23(28)21(15-18-9-4-3-5-10-18)26-24(29)22-13-8-14-30-22/h3-14,21H,15-17H2,1-2H3,(H,25,28)(H,26,29)/p+1/t21-/m0/s1. The summed E-state index contributed by atoms with van der Waals surface area (Å²) >= 11 is 0. The Morgan fingerprint density at radius 1 is 0.933 bits per heavy atom. The van der Waals surface area contributed by atoms with Crippen LogP contribution in [0.3, 0.4) is 0 Å². The molecule has 3 N–H and O–H groups in total. The molecule has 0 radical (unpaired) electrons. The van der Waals surface area contributed by atoms with Crippen molar-refractivity contribution in [1.29, 1.82) is 0 Å². The van der Waals surface area contributed by atoms with Crippen molar-refractivity contribution in [2.45, 2.75) is 25.6 Å². The van der Waals surface area contributed by atoms with Crippen LogP contribution in [0.5, 0.6) is 0 Å². The van der Waals surface area contributed by atoms with Crippen molar-refractivity contribution in [1.82, 2.24) is 10.6 Å². The maximum atomic E-state index is 13.0. The summed E-state index contributed by atoms with van der Waals surface area (Å²) in [6.45, 7) is 1.28. The molecule has 0 aliphatic rings. The Labute approximate surface area is 176 Å². The molecule has 2 aromatic carbocycles. The Hall–Kier alpha value is -3.38. The molecule has 0 fully saturated rings. The number of carbonyl (C=O) groups is 2. The number of furan rings is 1. The predicted octanol–water partition coefficient (Wildman–Crippen LogP) is 1.58. The van der Waals surface area contributed by atoms with Crippen molar-refractivity contribution < 1.29 is 18.9 Å². The number of carbonyl (C=O) groups excluding carboxylic acids is 2. The summed E-state index contributed by atoms with van der Waals surface area (Å²) in [7, 11) is 4.19. The van der Waals surface area contributed by atoms with E-state index in [1.165, 1.54) is 16.7 Å². The first-order chi connectivity index (χ1) is 14.5. The van der Waals surface area contributed by atoms with E-state index in [-0.39, 0.29) is 11.7 Å². The zero-order chi connectivity index (χ0) is 21.3. The summed E-state index contributed by atoms with van der Waals surface area (Å²) in [5.41, 5.74) is 3.23. The van der Waals surface area contributed by atoms with Crippen molar-refractivity contribution in [2.75, 3.05) is 14.1 Å². The maximum absolute atomic E-state index is 13.0. The van der Waals surface area contributed by atoms with Crippen molar-refractivity contribution >= 4 is 11.8 Å². The first kappa shape index (κ1) is 21.3. The number of quaternary nitrogens is 1. The second kappa shape index (κ2) is 10.4. The highest BCUT2D eigenvalue weighted by Gasteiger charge is 2.23. The largest absolute Gasteiger partial charge is 0.459 e. The molecule has 2 amide bonds. The Bertz CT molecular complexity index is 953. The quantitative estimate of drug-likeness (QED) is 0.505. The average molecular weight is 407 g/mol. The lowest BCUT2D eigenvalue weighted by Crippen LogP contribution is -3.04. The van der Waals surface area contributed by atoms with Crippen molar-refractivity contribution in [3.8, 4) is 0 Å². The van der Waals surface area contributed by atoms with Gasteiger partial charge in [-0.25, -0.2) is 0 Å². The fraction of sp³-hybridized carbons (Fsp3) is 0.250. The molecule has 0 bridgehead atoms. The molecule has 6 heteroatoms. The van der Waals surface area contributed by atoms with E-state index in [1.54, 1.807) is 12.1 Å². The van der Waals surface area contributed by atoms with Gasteiger partial charge in [-0.2, -0.15) is 0 Å². The normalized spacial score (nSPS) is 11.8. The van der Waals surface area contributed by atoms with Crippen molar-refractivity contribution in [3.05, 3.63) is 95.4 Å². The molecule has 0 unspecified atom stereocenters. The highest BCUT2D eigenvalue weighted by atomic mass is 16.3. The van der Waals surface area contributed by atoms with Crippen LogP contribution >= 0.6 is 0 Å². The zero-order valence-corrected chi connectivity index (χ0v) is 17.4. The van der Waals surface area contributed by atoms with Crippen molar-refractivity contribution in [2.24, 2.45) is 0 Å². The minimum atomic E-state index is -0.711. The number of hydrogen-bond donors (Lipinski definition) is 3. The molecule has 0 spiro atoms. The van der Waals surface area contributed by atoms with E-state index in [2.05, 4.69) is 30.8 Å². The second-order valence-corrected chi connectivity index (χ2v) is 7.56. The van der Waals surface area contributed by atoms with Gasteiger partial charge in [-0.15, -0.1) is 0 Å². The van der Waals surface area contributed by atoms with Crippen LogP contribution in [-0.2, 0) is 24.3 Å². The lowest BCUT2D eigenvalue weighted by molar-refractivity contribution is -0.872. The van der Waals surface area contributed by atoms with Gasteiger partial charge in [-0.1, -0.05) is 54.6 Å². The van der Waals surface area contributed by atoms with Gasteiger partial charge in [-0.05, 0) is 23.3 Å². The van der Waals surface area contributed by atoms with Gasteiger partial charge in [-0.3, -0.25) is 9.59 Å². The number of nitrogens with one attached hydrogen (secondary N) is 3. The molecule has 156 valence electrons. The Morgan fingerprint density at radius 2 is 1.63 bits per heavy atom. The molecule has 0 aliphatic carbocycles. The fourth-order valence-electron chi connectivity index (χ4n) is 3.29. The summed E-state index contributed by atoms with van der Waals surface area (Å²) in [5.74, 6) is -0.460. The minimum absolute atomic E-state index is 0.181.